The molecule has 2 aromatic rings. The van der Waals surface area contributed by atoms with Crippen molar-refractivity contribution in [3.8, 4) is 17.3 Å². The molecule has 180 valence electrons. The van der Waals surface area contributed by atoms with Gasteiger partial charge < -0.3 is 14.5 Å². The number of likely N-dealkylation sites (N-methyl/N-ethyl adjacent to an activating group) is 2. The minimum absolute atomic E-state index is 0.0321. The Bertz CT molecular complexity index is 995. The van der Waals surface area contributed by atoms with Crippen LogP contribution in [0.3, 0.4) is 0 Å². The first-order valence-corrected chi connectivity index (χ1v) is 11.7. The second kappa shape index (κ2) is 9.75. The average molecular weight is 454 g/mol. The van der Waals surface area contributed by atoms with Gasteiger partial charge in [-0.2, -0.15) is 0 Å². The monoisotopic (exact) mass is 453 g/mol. The molecule has 0 amide bonds. The molecule has 0 fully saturated rings. The Morgan fingerprint density at radius 2 is 1.91 bits per heavy atom. The molecule has 33 heavy (non-hydrogen) atoms. The molecule has 0 radical (unpaired) electrons. The van der Waals surface area contributed by atoms with E-state index in [-0.39, 0.29) is 16.6 Å². The maximum atomic E-state index is 12.7. The van der Waals surface area contributed by atoms with Gasteiger partial charge in [-0.05, 0) is 38.4 Å². The van der Waals surface area contributed by atoms with E-state index in [9.17, 15) is 4.79 Å². The fourth-order valence-electron chi connectivity index (χ4n) is 4.20. The van der Waals surface area contributed by atoms with Gasteiger partial charge in [-0.1, -0.05) is 34.6 Å². The van der Waals surface area contributed by atoms with E-state index in [0.29, 0.717) is 31.1 Å². The SMILES string of the molecule is CN(C)CCOc1ccnc(-c2nc(N(C)CC(=O)CC(C)(C)C)c3c(n2)C(C)(C)CC3)c1. The van der Waals surface area contributed by atoms with Gasteiger partial charge in [-0.15, -0.1) is 0 Å². The number of anilines is 1. The average Bonchev–Trinajstić information content (AvgIpc) is 3.00. The molecule has 1 aliphatic carbocycles. The third kappa shape index (κ3) is 6.50. The highest BCUT2D eigenvalue weighted by molar-refractivity contribution is 5.84. The maximum Gasteiger partial charge on any atom is 0.180 e. The largest absolute Gasteiger partial charge is 0.492 e. The summed E-state index contributed by atoms with van der Waals surface area (Å²) in [5, 5.41) is 0. The van der Waals surface area contributed by atoms with Gasteiger partial charge in [0, 0.05) is 43.3 Å². The highest BCUT2D eigenvalue weighted by atomic mass is 16.5. The molecule has 3 rings (SSSR count). The Balaban J connectivity index is 1.94. The van der Waals surface area contributed by atoms with E-state index in [0.717, 1.165) is 42.2 Å². The molecular formula is C26H39N5O2. The molecule has 7 heteroatoms. The predicted molar refractivity (Wildman–Crippen MR) is 133 cm³/mol. The fourth-order valence-corrected chi connectivity index (χ4v) is 4.20. The molecule has 0 aliphatic heterocycles. The van der Waals surface area contributed by atoms with Gasteiger partial charge in [0.2, 0.25) is 0 Å². The Hall–Kier alpha value is -2.54. The van der Waals surface area contributed by atoms with Crippen LogP contribution in [0.4, 0.5) is 5.82 Å². The number of ketones is 1. The van der Waals surface area contributed by atoms with Crippen molar-refractivity contribution in [1.29, 1.82) is 0 Å². The Labute approximate surface area is 198 Å². The number of rotatable bonds is 9. The van der Waals surface area contributed by atoms with Gasteiger partial charge in [-0.25, -0.2) is 9.97 Å². The van der Waals surface area contributed by atoms with Crippen LogP contribution in [0.15, 0.2) is 18.3 Å². The van der Waals surface area contributed by atoms with E-state index in [1.165, 1.54) is 0 Å². The quantitative estimate of drug-likeness (QED) is 0.565. The maximum absolute atomic E-state index is 12.7. The first-order valence-electron chi connectivity index (χ1n) is 11.7. The standard InChI is InChI=1S/C26H39N5O2/c1-25(2,3)16-18(32)17-31(8)24-20-9-11-26(4,5)22(20)28-23(29-24)21-15-19(10-12-27-21)33-14-13-30(6)7/h10,12,15H,9,11,13-14,16-17H2,1-8H3. The summed E-state index contributed by atoms with van der Waals surface area (Å²) in [4.78, 5) is 31.2. The number of ether oxygens (including phenoxy) is 1. The van der Waals surface area contributed by atoms with E-state index in [1.54, 1.807) is 6.20 Å². The highest BCUT2D eigenvalue weighted by Crippen LogP contribution is 2.41. The van der Waals surface area contributed by atoms with Crippen LogP contribution < -0.4 is 9.64 Å². The third-order valence-electron chi connectivity index (χ3n) is 5.90. The minimum atomic E-state index is -0.0438. The van der Waals surface area contributed by atoms with E-state index < -0.39 is 0 Å². The normalized spacial score (nSPS) is 14.9. The summed E-state index contributed by atoms with van der Waals surface area (Å²) in [6.07, 6.45) is 4.20. The van der Waals surface area contributed by atoms with E-state index >= 15 is 0 Å². The minimum Gasteiger partial charge on any atom is -0.492 e. The molecule has 1 aliphatic rings. The Morgan fingerprint density at radius 1 is 1.18 bits per heavy atom. The van der Waals surface area contributed by atoms with Crippen molar-refractivity contribution in [2.24, 2.45) is 5.41 Å². The van der Waals surface area contributed by atoms with Crippen molar-refractivity contribution in [1.82, 2.24) is 19.9 Å². The van der Waals surface area contributed by atoms with Crippen LogP contribution in [-0.4, -0.2) is 66.5 Å². The second-order valence-electron chi connectivity index (χ2n) is 11.2. The second-order valence-corrected chi connectivity index (χ2v) is 11.2. The molecule has 0 spiro atoms. The fraction of sp³-hybridized carbons (Fsp3) is 0.615. The third-order valence-corrected chi connectivity index (χ3v) is 5.90. The van der Waals surface area contributed by atoms with Gasteiger partial charge in [0.15, 0.2) is 11.6 Å². The Kier molecular flexibility index (Phi) is 7.42. The lowest BCUT2D eigenvalue weighted by Gasteiger charge is -2.25. The molecule has 0 aromatic carbocycles. The molecule has 0 saturated heterocycles. The number of aromatic nitrogens is 3. The molecule has 0 unspecified atom stereocenters. The number of carbonyl (C=O) groups excluding carboxylic acids is 1. The number of hydrogen-bond donors (Lipinski definition) is 0. The molecule has 7 nitrogen and oxygen atoms in total. The lowest BCUT2D eigenvalue weighted by molar-refractivity contribution is -0.119. The van der Waals surface area contributed by atoms with Gasteiger partial charge >= 0.3 is 0 Å². The summed E-state index contributed by atoms with van der Waals surface area (Å²) in [7, 11) is 5.99. The van der Waals surface area contributed by atoms with Crippen molar-refractivity contribution < 1.29 is 9.53 Å². The van der Waals surface area contributed by atoms with Crippen LogP contribution in [0.5, 0.6) is 5.75 Å². The lowest BCUT2D eigenvalue weighted by atomic mass is 9.90. The molecule has 0 atom stereocenters. The summed E-state index contributed by atoms with van der Waals surface area (Å²) in [5.74, 6) is 2.38. The Morgan fingerprint density at radius 3 is 2.58 bits per heavy atom. The first kappa shape index (κ1) is 25.1. The van der Waals surface area contributed by atoms with Crippen LogP contribution >= 0.6 is 0 Å². The zero-order valence-corrected chi connectivity index (χ0v) is 21.5. The van der Waals surface area contributed by atoms with Crippen LogP contribution in [0, 0.1) is 5.41 Å². The topological polar surface area (TPSA) is 71.5 Å². The van der Waals surface area contributed by atoms with Crippen LogP contribution in [-0.2, 0) is 16.6 Å². The smallest absolute Gasteiger partial charge is 0.180 e. The molecular weight excluding hydrogens is 414 g/mol. The van der Waals surface area contributed by atoms with Crippen LogP contribution in [0.25, 0.3) is 11.5 Å². The van der Waals surface area contributed by atoms with E-state index in [1.807, 2.05) is 38.2 Å². The highest BCUT2D eigenvalue weighted by Gasteiger charge is 2.35. The molecule has 0 saturated carbocycles. The lowest BCUT2D eigenvalue weighted by Crippen LogP contribution is -2.30. The van der Waals surface area contributed by atoms with Crippen molar-refractivity contribution in [3.63, 3.8) is 0 Å². The van der Waals surface area contributed by atoms with Crippen molar-refractivity contribution in [2.75, 3.05) is 45.7 Å². The molecule has 2 aromatic heterocycles. The summed E-state index contributed by atoms with van der Waals surface area (Å²) >= 11 is 0. The number of carbonyl (C=O) groups is 1. The van der Waals surface area contributed by atoms with Crippen molar-refractivity contribution in [3.05, 3.63) is 29.6 Å². The van der Waals surface area contributed by atoms with E-state index in [2.05, 4.69) is 44.5 Å². The molecule has 0 N–H and O–H groups in total. The van der Waals surface area contributed by atoms with Crippen LogP contribution in [0.1, 0.15) is 58.7 Å². The number of hydrogen-bond acceptors (Lipinski definition) is 7. The predicted octanol–water partition coefficient (Wildman–Crippen LogP) is 4.14. The first-order chi connectivity index (χ1) is 15.4. The zero-order chi connectivity index (χ0) is 24.4. The molecule has 0 bridgehead atoms. The summed E-state index contributed by atoms with van der Waals surface area (Å²) < 4.78 is 5.90. The zero-order valence-electron chi connectivity index (χ0n) is 21.5. The summed E-state index contributed by atoms with van der Waals surface area (Å²) in [5.41, 5.74) is 2.80. The van der Waals surface area contributed by atoms with Gasteiger partial charge in [0.1, 0.15) is 23.9 Å². The number of fused-ring (bicyclic) bond motifs is 1. The van der Waals surface area contributed by atoms with E-state index in [4.69, 9.17) is 14.7 Å². The number of nitrogens with zero attached hydrogens (tertiary/aromatic N) is 5. The van der Waals surface area contributed by atoms with Gasteiger partial charge in [0.25, 0.3) is 0 Å². The van der Waals surface area contributed by atoms with Crippen molar-refractivity contribution in [2.45, 2.75) is 59.3 Å². The van der Waals surface area contributed by atoms with Crippen molar-refractivity contribution >= 4 is 11.6 Å². The summed E-state index contributed by atoms with van der Waals surface area (Å²) in [6.45, 7) is 12.5. The van der Waals surface area contributed by atoms with Gasteiger partial charge in [0.05, 0.1) is 12.2 Å². The number of Topliss-reactive ketones (excluding diaryl/α,β-unsaturated/α-hetero) is 1. The molecule has 2 heterocycles. The summed E-state index contributed by atoms with van der Waals surface area (Å²) in [6, 6.07) is 3.75. The van der Waals surface area contributed by atoms with Crippen LogP contribution in [0.2, 0.25) is 0 Å². The van der Waals surface area contributed by atoms with Gasteiger partial charge in [-0.3, -0.25) is 9.78 Å². The number of pyridine rings is 1.